The lowest BCUT2D eigenvalue weighted by atomic mass is 9.99. The SMILES string of the molecule is CC(C)c1ccc(C(Cl)c2cc(Br)sc2Br)cc1. The van der Waals surface area contributed by atoms with Gasteiger partial charge in [0, 0.05) is 5.56 Å². The Morgan fingerprint density at radius 3 is 2.06 bits per heavy atom. The molecule has 2 aromatic rings. The summed E-state index contributed by atoms with van der Waals surface area (Å²) >= 11 is 15.2. The van der Waals surface area contributed by atoms with E-state index in [0.717, 1.165) is 18.7 Å². The van der Waals surface area contributed by atoms with Crippen LogP contribution < -0.4 is 0 Å². The highest BCUT2D eigenvalue weighted by Crippen LogP contribution is 2.40. The molecule has 0 saturated heterocycles. The quantitative estimate of drug-likeness (QED) is 0.494. The third-order valence-corrected chi connectivity index (χ3v) is 5.72. The Kier molecular flexibility index (Phi) is 4.92. The molecule has 96 valence electrons. The van der Waals surface area contributed by atoms with Gasteiger partial charge in [0.05, 0.1) is 12.9 Å². The van der Waals surface area contributed by atoms with E-state index in [2.05, 4.69) is 76.0 Å². The standard InChI is InChI=1S/C14H13Br2ClS/c1-8(2)9-3-5-10(6-4-9)13(17)11-7-12(15)18-14(11)16/h3-8,13H,1-2H3. The first-order valence-electron chi connectivity index (χ1n) is 5.67. The van der Waals surface area contributed by atoms with Crippen LogP contribution in [0, 0.1) is 0 Å². The Labute approximate surface area is 134 Å². The molecule has 0 aliphatic heterocycles. The summed E-state index contributed by atoms with van der Waals surface area (Å²) in [5.41, 5.74) is 3.59. The molecular formula is C14H13Br2ClS. The maximum Gasteiger partial charge on any atom is 0.0854 e. The Balaban J connectivity index is 2.28. The molecule has 0 amide bonds. The molecule has 0 spiro atoms. The largest absolute Gasteiger partial charge is 0.121 e. The molecule has 4 heteroatoms. The van der Waals surface area contributed by atoms with Crippen molar-refractivity contribution in [3.8, 4) is 0 Å². The summed E-state index contributed by atoms with van der Waals surface area (Å²) in [6.07, 6.45) is 0. The van der Waals surface area contributed by atoms with Gasteiger partial charge in [-0.1, -0.05) is 38.1 Å². The summed E-state index contributed by atoms with van der Waals surface area (Å²) in [6.45, 7) is 4.39. The summed E-state index contributed by atoms with van der Waals surface area (Å²) < 4.78 is 2.18. The van der Waals surface area contributed by atoms with Crippen LogP contribution in [0.3, 0.4) is 0 Å². The molecule has 18 heavy (non-hydrogen) atoms. The predicted octanol–water partition coefficient (Wildman–Crippen LogP) is 6.72. The molecule has 0 fully saturated rings. The fourth-order valence-corrected chi connectivity index (χ4v) is 5.17. The summed E-state index contributed by atoms with van der Waals surface area (Å²) in [4.78, 5) is 0. The molecule has 0 aliphatic carbocycles. The second kappa shape index (κ2) is 6.08. The minimum Gasteiger partial charge on any atom is -0.121 e. The van der Waals surface area contributed by atoms with Gasteiger partial charge in [0.15, 0.2) is 0 Å². The number of thiophene rings is 1. The van der Waals surface area contributed by atoms with Gasteiger partial charge in [0.25, 0.3) is 0 Å². The molecule has 0 aliphatic rings. The van der Waals surface area contributed by atoms with E-state index in [1.54, 1.807) is 11.3 Å². The number of alkyl halides is 1. The van der Waals surface area contributed by atoms with Gasteiger partial charge in [0.2, 0.25) is 0 Å². The molecule has 0 N–H and O–H groups in total. The van der Waals surface area contributed by atoms with Crippen LogP contribution in [0.15, 0.2) is 37.9 Å². The average molecular weight is 409 g/mol. The highest BCUT2D eigenvalue weighted by Gasteiger charge is 2.16. The van der Waals surface area contributed by atoms with Crippen molar-refractivity contribution in [2.45, 2.75) is 25.1 Å². The lowest BCUT2D eigenvalue weighted by Gasteiger charge is -2.11. The topological polar surface area (TPSA) is 0 Å². The predicted molar refractivity (Wildman–Crippen MR) is 87.9 cm³/mol. The molecule has 0 saturated carbocycles. The third kappa shape index (κ3) is 3.19. The van der Waals surface area contributed by atoms with E-state index in [9.17, 15) is 0 Å². The Bertz CT molecular complexity index is 531. The Hall–Kier alpha value is 0.170. The van der Waals surface area contributed by atoms with Gasteiger partial charge in [-0.05, 0) is 55.0 Å². The van der Waals surface area contributed by atoms with E-state index in [-0.39, 0.29) is 5.38 Å². The van der Waals surface area contributed by atoms with Crippen LogP contribution >= 0.6 is 54.8 Å². The highest BCUT2D eigenvalue weighted by molar-refractivity contribution is 9.12. The average Bonchev–Trinajstić information content (AvgIpc) is 2.67. The first kappa shape index (κ1) is 14.6. The van der Waals surface area contributed by atoms with Crippen molar-refractivity contribution >= 4 is 54.8 Å². The van der Waals surface area contributed by atoms with Crippen molar-refractivity contribution in [2.24, 2.45) is 0 Å². The van der Waals surface area contributed by atoms with Crippen LogP contribution in [0.4, 0.5) is 0 Å². The van der Waals surface area contributed by atoms with Gasteiger partial charge in [-0.15, -0.1) is 22.9 Å². The van der Waals surface area contributed by atoms with Crippen LogP contribution in [-0.4, -0.2) is 0 Å². The third-order valence-electron chi connectivity index (χ3n) is 2.85. The molecule has 0 bridgehead atoms. The van der Waals surface area contributed by atoms with Crippen LogP contribution in [0.5, 0.6) is 0 Å². The summed E-state index contributed by atoms with van der Waals surface area (Å²) in [6, 6.07) is 10.6. The van der Waals surface area contributed by atoms with E-state index >= 15 is 0 Å². The summed E-state index contributed by atoms with van der Waals surface area (Å²) in [5.74, 6) is 0.551. The van der Waals surface area contributed by atoms with Crippen molar-refractivity contribution in [1.82, 2.24) is 0 Å². The first-order valence-corrected chi connectivity index (χ1v) is 8.51. The summed E-state index contributed by atoms with van der Waals surface area (Å²) in [7, 11) is 0. The highest BCUT2D eigenvalue weighted by atomic mass is 79.9. The van der Waals surface area contributed by atoms with Crippen molar-refractivity contribution in [2.75, 3.05) is 0 Å². The fourth-order valence-electron chi connectivity index (χ4n) is 1.76. The minimum absolute atomic E-state index is 0.108. The number of benzene rings is 1. The number of hydrogen-bond donors (Lipinski definition) is 0. The van der Waals surface area contributed by atoms with Gasteiger partial charge in [-0.3, -0.25) is 0 Å². The number of hydrogen-bond acceptors (Lipinski definition) is 1. The van der Waals surface area contributed by atoms with Crippen molar-refractivity contribution in [3.05, 3.63) is 54.6 Å². The molecule has 0 radical (unpaired) electrons. The minimum atomic E-state index is -0.108. The van der Waals surface area contributed by atoms with Gasteiger partial charge in [-0.2, -0.15) is 0 Å². The lowest BCUT2D eigenvalue weighted by molar-refractivity contribution is 0.865. The maximum atomic E-state index is 6.54. The zero-order valence-electron chi connectivity index (χ0n) is 10.1. The Morgan fingerprint density at radius 1 is 1.06 bits per heavy atom. The summed E-state index contributed by atoms with van der Waals surface area (Å²) in [5, 5.41) is -0.108. The maximum absolute atomic E-state index is 6.54. The molecule has 1 atom stereocenters. The molecule has 1 heterocycles. The molecular weight excluding hydrogens is 395 g/mol. The van der Waals surface area contributed by atoms with Gasteiger partial charge in [-0.25, -0.2) is 0 Å². The Morgan fingerprint density at radius 2 is 1.61 bits per heavy atom. The molecule has 2 rings (SSSR count). The van der Waals surface area contributed by atoms with Crippen LogP contribution in [0.25, 0.3) is 0 Å². The first-order chi connectivity index (χ1) is 8.49. The van der Waals surface area contributed by atoms with Crippen molar-refractivity contribution in [3.63, 3.8) is 0 Å². The molecule has 1 unspecified atom stereocenters. The molecule has 0 nitrogen and oxygen atoms in total. The van der Waals surface area contributed by atoms with E-state index < -0.39 is 0 Å². The fraction of sp³-hybridized carbons (Fsp3) is 0.286. The normalized spacial score (nSPS) is 13.0. The van der Waals surface area contributed by atoms with Crippen LogP contribution in [0.1, 0.15) is 41.8 Å². The second-order valence-electron chi connectivity index (χ2n) is 4.46. The van der Waals surface area contributed by atoms with Crippen molar-refractivity contribution < 1.29 is 0 Å². The van der Waals surface area contributed by atoms with Gasteiger partial charge >= 0.3 is 0 Å². The monoisotopic (exact) mass is 406 g/mol. The van der Waals surface area contributed by atoms with E-state index in [1.165, 1.54) is 5.56 Å². The van der Waals surface area contributed by atoms with E-state index in [1.807, 2.05) is 0 Å². The lowest BCUT2D eigenvalue weighted by Crippen LogP contribution is -1.94. The van der Waals surface area contributed by atoms with Gasteiger partial charge in [0.1, 0.15) is 0 Å². The molecule has 1 aromatic carbocycles. The zero-order chi connectivity index (χ0) is 13.3. The molecule has 1 aromatic heterocycles. The van der Waals surface area contributed by atoms with Crippen LogP contribution in [0.2, 0.25) is 0 Å². The zero-order valence-corrected chi connectivity index (χ0v) is 14.8. The second-order valence-corrected chi connectivity index (χ2v) is 8.65. The van der Waals surface area contributed by atoms with Crippen LogP contribution in [-0.2, 0) is 0 Å². The van der Waals surface area contributed by atoms with E-state index in [0.29, 0.717) is 5.92 Å². The van der Waals surface area contributed by atoms with E-state index in [4.69, 9.17) is 11.6 Å². The van der Waals surface area contributed by atoms with Crippen molar-refractivity contribution in [1.29, 1.82) is 0 Å². The number of halogens is 3. The smallest absolute Gasteiger partial charge is 0.0854 e. The number of rotatable bonds is 3. The van der Waals surface area contributed by atoms with Gasteiger partial charge < -0.3 is 0 Å².